The van der Waals surface area contributed by atoms with Gasteiger partial charge >= 0.3 is 0 Å². The van der Waals surface area contributed by atoms with Gasteiger partial charge in [0.05, 0.1) is 13.1 Å². The molecule has 2 aromatic rings. The standard InChI is InChI=1S/C12H17BrN4O3S/c1-2-14-9-10-8-11(12(13)20-10)21(18,19)16-5-7-17-6-3-4-15-17/h3-4,6,8,14,16H,2,5,7,9H2,1H3. The molecule has 0 aliphatic carbocycles. The monoisotopic (exact) mass is 376 g/mol. The second-order valence-corrected chi connectivity index (χ2v) is 6.75. The van der Waals surface area contributed by atoms with Crippen molar-refractivity contribution in [1.82, 2.24) is 19.8 Å². The molecule has 2 N–H and O–H groups in total. The lowest BCUT2D eigenvalue weighted by atomic mass is 10.4. The first-order valence-corrected chi connectivity index (χ1v) is 8.76. The minimum absolute atomic E-state index is 0.107. The van der Waals surface area contributed by atoms with E-state index in [2.05, 4.69) is 31.1 Å². The first kappa shape index (κ1) is 16.2. The Balaban J connectivity index is 1.99. The minimum atomic E-state index is -3.61. The molecule has 2 aromatic heterocycles. The van der Waals surface area contributed by atoms with Crippen molar-refractivity contribution in [3.8, 4) is 0 Å². The van der Waals surface area contributed by atoms with Crippen LogP contribution in [0.15, 0.2) is 38.5 Å². The molecule has 0 atom stereocenters. The Hall–Kier alpha value is -1.16. The van der Waals surface area contributed by atoms with Gasteiger partial charge < -0.3 is 9.73 Å². The summed E-state index contributed by atoms with van der Waals surface area (Å²) in [4.78, 5) is 0.107. The van der Waals surface area contributed by atoms with E-state index in [0.29, 0.717) is 18.8 Å². The van der Waals surface area contributed by atoms with Crippen LogP contribution in [0.3, 0.4) is 0 Å². The van der Waals surface area contributed by atoms with Crippen LogP contribution < -0.4 is 10.0 Å². The number of nitrogens with one attached hydrogen (secondary N) is 2. The maximum Gasteiger partial charge on any atom is 0.245 e. The number of hydrogen-bond acceptors (Lipinski definition) is 5. The van der Waals surface area contributed by atoms with Crippen molar-refractivity contribution in [2.75, 3.05) is 13.1 Å². The molecule has 0 unspecified atom stereocenters. The highest BCUT2D eigenvalue weighted by Crippen LogP contribution is 2.25. The van der Waals surface area contributed by atoms with Gasteiger partial charge in [-0.2, -0.15) is 5.10 Å². The SMILES string of the molecule is CCNCc1cc(S(=O)(=O)NCCn2cccn2)c(Br)o1. The van der Waals surface area contributed by atoms with Crippen molar-refractivity contribution in [3.63, 3.8) is 0 Å². The molecule has 0 amide bonds. The number of nitrogens with zero attached hydrogens (tertiary/aromatic N) is 2. The maximum absolute atomic E-state index is 12.2. The van der Waals surface area contributed by atoms with Gasteiger partial charge in [-0.05, 0) is 28.5 Å². The normalized spacial score (nSPS) is 11.9. The van der Waals surface area contributed by atoms with Gasteiger partial charge in [0, 0.05) is 25.0 Å². The molecule has 2 heterocycles. The number of sulfonamides is 1. The first-order valence-electron chi connectivity index (χ1n) is 6.49. The van der Waals surface area contributed by atoms with Crippen LogP contribution in [0.2, 0.25) is 0 Å². The van der Waals surface area contributed by atoms with Crippen LogP contribution in [0.4, 0.5) is 0 Å². The Labute approximate surface area is 131 Å². The minimum Gasteiger partial charge on any atom is -0.452 e. The van der Waals surface area contributed by atoms with E-state index in [9.17, 15) is 8.42 Å². The average Bonchev–Trinajstić information content (AvgIpc) is 3.06. The van der Waals surface area contributed by atoms with Gasteiger partial charge in [-0.15, -0.1) is 0 Å². The van der Waals surface area contributed by atoms with Gasteiger partial charge in [-0.25, -0.2) is 13.1 Å². The highest BCUT2D eigenvalue weighted by atomic mass is 79.9. The van der Waals surface area contributed by atoms with Gasteiger partial charge in [-0.3, -0.25) is 4.68 Å². The van der Waals surface area contributed by atoms with Crippen LogP contribution >= 0.6 is 15.9 Å². The zero-order valence-corrected chi connectivity index (χ0v) is 13.9. The summed E-state index contributed by atoms with van der Waals surface area (Å²) < 4.78 is 34.2. The molecule has 0 radical (unpaired) electrons. The molecular formula is C12H17BrN4O3S. The molecule has 0 fully saturated rings. The predicted molar refractivity (Wildman–Crippen MR) is 81.2 cm³/mol. The van der Waals surface area contributed by atoms with E-state index >= 15 is 0 Å². The molecule has 0 saturated heterocycles. The fourth-order valence-electron chi connectivity index (χ4n) is 1.72. The van der Waals surface area contributed by atoms with Crippen LogP contribution in [0.5, 0.6) is 0 Å². The Morgan fingerprint density at radius 3 is 2.95 bits per heavy atom. The van der Waals surface area contributed by atoms with Gasteiger partial charge in [0.2, 0.25) is 10.0 Å². The van der Waals surface area contributed by atoms with E-state index in [1.807, 2.05) is 6.92 Å². The quantitative estimate of drug-likeness (QED) is 0.725. The molecule has 0 saturated carbocycles. The number of furan rings is 1. The van der Waals surface area contributed by atoms with Gasteiger partial charge in [0.25, 0.3) is 0 Å². The van der Waals surface area contributed by atoms with Gasteiger partial charge in [-0.1, -0.05) is 6.92 Å². The van der Waals surface area contributed by atoms with Gasteiger partial charge in [0.1, 0.15) is 10.7 Å². The molecule has 9 heteroatoms. The Kier molecular flexibility index (Phi) is 5.57. The molecular weight excluding hydrogens is 360 g/mol. The second kappa shape index (κ2) is 7.21. The van der Waals surface area contributed by atoms with Crippen LogP contribution in [0.1, 0.15) is 12.7 Å². The van der Waals surface area contributed by atoms with Crippen molar-refractivity contribution in [1.29, 1.82) is 0 Å². The van der Waals surface area contributed by atoms with E-state index in [0.717, 1.165) is 6.54 Å². The van der Waals surface area contributed by atoms with E-state index in [-0.39, 0.29) is 16.1 Å². The third-order valence-corrected chi connectivity index (χ3v) is 5.06. The fourth-order valence-corrected chi connectivity index (χ4v) is 3.74. The molecule has 0 aromatic carbocycles. The van der Waals surface area contributed by atoms with Crippen molar-refractivity contribution < 1.29 is 12.8 Å². The largest absolute Gasteiger partial charge is 0.452 e. The smallest absolute Gasteiger partial charge is 0.245 e. The molecule has 7 nitrogen and oxygen atoms in total. The fraction of sp³-hybridized carbons (Fsp3) is 0.417. The average molecular weight is 377 g/mol. The summed E-state index contributed by atoms with van der Waals surface area (Å²) >= 11 is 3.14. The third kappa shape index (κ3) is 4.40. The maximum atomic E-state index is 12.2. The molecule has 0 bridgehead atoms. The van der Waals surface area contributed by atoms with E-state index in [1.165, 1.54) is 6.07 Å². The zero-order valence-electron chi connectivity index (χ0n) is 11.5. The molecule has 0 spiro atoms. The van der Waals surface area contributed by atoms with Gasteiger partial charge in [0.15, 0.2) is 4.67 Å². The zero-order chi connectivity index (χ0) is 15.3. The Bertz CT molecular complexity index is 667. The van der Waals surface area contributed by atoms with Crippen molar-refractivity contribution in [2.45, 2.75) is 24.9 Å². The van der Waals surface area contributed by atoms with Crippen molar-refractivity contribution in [3.05, 3.63) is 35.0 Å². The Morgan fingerprint density at radius 1 is 1.48 bits per heavy atom. The second-order valence-electron chi connectivity index (χ2n) is 4.30. The highest BCUT2D eigenvalue weighted by Gasteiger charge is 2.21. The lowest BCUT2D eigenvalue weighted by molar-refractivity contribution is 0.464. The van der Waals surface area contributed by atoms with Crippen molar-refractivity contribution >= 4 is 26.0 Å². The van der Waals surface area contributed by atoms with Crippen LogP contribution in [0.25, 0.3) is 0 Å². The van der Waals surface area contributed by atoms with E-state index < -0.39 is 10.0 Å². The highest BCUT2D eigenvalue weighted by molar-refractivity contribution is 9.10. The summed E-state index contributed by atoms with van der Waals surface area (Å²) in [5.41, 5.74) is 0. The molecule has 2 rings (SSSR count). The summed E-state index contributed by atoms with van der Waals surface area (Å²) in [6, 6.07) is 3.30. The molecule has 21 heavy (non-hydrogen) atoms. The van der Waals surface area contributed by atoms with E-state index in [4.69, 9.17) is 4.42 Å². The molecule has 0 aliphatic heterocycles. The number of rotatable bonds is 8. The lowest BCUT2D eigenvalue weighted by Gasteiger charge is -2.05. The van der Waals surface area contributed by atoms with Crippen molar-refractivity contribution in [2.24, 2.45) is 0 Å². The molecule has 0 aliphatic rings. The summed E-state index contributed by atoms with van der Waals surface area (Å²) in [6.45, 7) is 3.95. The first-order chi connectivity index (χ1) is 10.0. The summed E-state index contributed by atoms with van der Waals surface area (Å²) in [5.74, 6) is 0.566. The van der Waals surface area contributed by atoms with E-state index in [1.54, 1.807) is 23.1 Å². The van der Waals surface area contributed by atoms with Crippen LogP contribution in [-0.2, 0) is 23.1 Å². The van der Waals surface area contributed by atoms with Crippen LogP contribution in [0, 0.1) is 0 Å². The number of aromatic nitrogens is 2. The summed E-state index contributed by atoms with van der Waals surface area (Å²) in [5, 5.41) is 7.09. The number of halogens is 1. The summed E-state index contributed by atoms with van der Waals surface area (Å²) in [6.07, 6.45) is 3.42. The number of hydrogen-bond donors (Lipinski definition) is 2. The lowest BCUT2D eigenvalue weighted by Crippen LogP contribution is -2.27. The molecule has 116 valence electrons. The predicted octanol–water partition coefficient (Wildman–Crippen LogP) is 1.33. The third-order valence-electron chi connectivity index (χ3n) is 2.74. The Morgan fingerprint density at radius 2 is 2.29 bits per heavy atom. The summed E-state index contributed by atoms with van der Waals surface area (Å²) in [7, 11) is -3.61. The topological polar surface area (TPSA) is 89.2 Å². The van der Waals surface area contributed by atoms with Crippen LogP contribution in [-0.4, -0.2) is 31.3 Å².